The predicted octanol–water partition coefficient (Wildman–Crippen LogP) is 4.62. The van der Waals surface area contributed by atoms with Crippen molar-refractivity contribution in [2.45, 2.75) is 51.1 Å². The second-order valence-corrected chi connectivity index (χ2v) is 9.02. The number of hydrogen-bond acceptors (Lipinski definition) is 5. The Hall–Kier alpha value is -3.36. The number of ketones is 1. The number of rotatable bonds is 4. The Kier molecular flexibility index (Phi) is 4.95. The molecule has 2 aliphatic rings. The van der Waals surface area contributed by atoms with Crippen LogP contribution in [0.5, 0.6) is 0 Å². The number of amides is 1. The second kappa shape index (κ2) is 7.60. The lowest BCUT2D eigenvalue weighted by atomic mass is 9.82. The van der Waals surface area contributed by atoms with E-state index in [4.69, 9.17) is 4.74 Å². The number of ether oxygens (including phenoxy) is 1. The Bertz CT molecular complexity index is 1240. The van der Waals surface area contributed by atoms with Crippen molar-refractivity contribution >= 4 is 23.0 Å². The zero-order valence-corrected chi connectivity index (χ0v) is 18.5. The Morgan fingerprint density at radius 1 is 1.03 bits per heavy atom. The Morgan fingerprint density at radius 3 is 2.42 bits per heavy atom. The van der Waals surface area contributed by atoms with Gasteiger partial charge in [-0.15, -0.1) is 0 Å². The molecule has 0 unspecified atom stereocenters. The number of hydrogen-bond donors (Lipinski definition) is 0. The molecular formula is C24H24F2N4O3. The quantitative estimate of drug-likeness (QED) is 0.538. The molecule has 0 bridgehead atoms. The van der Waals surface area contributed by atoms with Crippen LogP contribution in [-0.4, -0.2) is 55.9 Å². The number of benzene rings is 1. The van der Waals surface area contributed by atoms with Crippen molar-refractivity contribution in [2.75, 3.05) is 13.1 Å². The van der Waals surface area contributed by atoms with Gasteiger partial charge in [0.25, 0.3) is 0 Å². The van der Waals surface area contributed by atoms with E-state index in [-0.39, 0.29) is 44.6 Å². The second-order valence-electron chi connectivity index (χ2n) is 9.02. The first kappa shape index (κ1) is 21.5. The molecule has 1 aliphatic heterocycles. The van der Waals surface area contributed by atoms with Gasteiger partial charge in [-0.25, -0.2) is 23.5 Å². The molecule has 5 rings (SSSR count). The van der Waals surface area contributed by atoms with E-state index in [2.05, 4.69) is 9.97 Å². The maximum atomic E-state index is 13.5. The molecule has 33 heavy (non-hydrogen) atoms. The van der Waals surface area contributed by atoms with Gasteiger partial charge in [0.15, 0.2) is 11.4 Å². The van der Waals surface area contributed by atoms with Gasteiger partial charge in [-0.2, -0.15) is 0 Å². The van der Waals surface area contributed by atoms with Crippen LogP contribution < -0.4 is 0 Å². The maximum absolute atomic E-state index is 13.5. The van der Waals surface area contributed by atoms with Crippen molar-refractivity contribution < 1.29 is 23.1 Å². The molecule has 9 heteroatoms. The topological polar surface area (TPSA) is 77.3 Å². The minimum Gasteiger partial charge on any atom is -0.441 e. The molecule has 3 aromatic rings. The van der Waals surface area contributed by atoms with E-state index in [1.165, 1.54) is 4.90 Å². The van der Waals surface area contributed by atoms with Crippen LogP contribution in [0.2, 0.25) is 0 Å². The molecule has 172 valence electrons. The molecule has 0 radical (unpaired) electrons. The van der Waals surface area contributed by atoms with Gasteiger partial charge >= 0.3 is 6.09 Å². The van der Waals surface area contributed by atoms with Gasteiger partial charge in [0.05, 0.1) is 13.1 Å². The van der Waals surface area contributed by atoms with Crippen LogP contribution in [0, 0.1) is 13.8 Å². The Morgan fingerprint density at radius 2 is 1.73 bits per heavy atom. The number of Topliss-reactive ketones (excluding diaryl/α,β-unsaturated/α-hetero) is 1. The number of nitrogens with zero attached hydrogens (tertiary/aromatic N) is 4. The Balaban J connectivity index is 1.31. The summed E-state index contributed by atoms with van der Waals surface area (Å²) in [6.07, 6.45) is -1.01. The zero-order chi connectivity index (χ0) is 23.4. The van der Waals surface area contributed by atoms with E-state index in [0.29, 0.717) is 5.56 Å². The molecule has 2 fully saturated rings. The van der Waals surface area contributed by atoms with Crippen LogP contribution in [0.3, 0.4) is 0 Å². The summed E-state index contributed by atoms with van der Waals surface area (Å²) in [5.41, 5.74) is 2.79. The molecule has 1 saturated carbocycles. The van der Waals surface area contributed by atoms with Gasteiger partial charge in [0, 0.05) is 29.8 Å². The number of alkyl halides is 2. The minimum atomic E-state index is -2.71. The molecule has 7 nitrogen and oxygen atoms in total. The fourth-order valence-electron chi connectivity index (χ4n) is 4.68. The standard InChI is InChI=1S/C24H24F2N4O3/c1-15-3-8-19-21(27-15)30(16(2)28-19)18-6-4-17(5-7-18)20(31)13-29-14-23(33-22(29)32)9-11-24(25,26)12-10-23/h3-8H,9-14H2,1-2H3. The van der Waals surface area contributed by atoms with Gasteiger partial charge in [-0.1, -0.05) is 0 Å². The molecule has 1 amide bonds. The third kappa shape index (κ3) is 3.96. The number of halogens is 2. The lowest BCUT2D eigenvalue weighted by Crippen LogP contribution is -2.42. The summed E-state index contributed by atoms with van der Waals surface area (Å²) in [4.78, 5) is 35.6. The average molecular weight is 454 g/mol. The number of aryl methyl sites for hydroxylation is 2. The zero-order valence-electron chi connectivity index (χ0n) is 18.5. The van der Waals surface area contributed by atoms with Crippen molar-refractivity contribution in [1.29, 1.82) is 0 Å². The lowest BCUT2D eigenvalue weighted by Gasteiger charge is -2.34. The summed E-state index contributed by atoms with van der Waals surface area (Å²) in [7, 11) is 0. The molecule has 2 aromatic heterocycles. The molecule has 0 atom stereocenters. The summed E-state index contributed by atoms with van der Waals surface area (Å²) in [6, 6.07) is 10.9. The molecule has 1 aliphatic carbocycles. The van der Waals surface area contributed by atoms with Crippen molar-refractivity contribution in [3.05, 3.63) is 53.5 Å². The molecule has 0 N–H and O–H groups in total. The first-order valence-electron chi connectivity index (χ1n) is 11.0. The van der Waals surface area contributed by atoms with E-state index in [1.807, 2.05) is 42.7 Å². The first-order chi connectivity index (χ1) is 15.6. The normalized spacial score (nSPS) is 19.3. The summed E-state index contributed by atoms with van der Waals surface area (Å²) >= 11 is 0. The molecule has 3 heterocycles. The SMILES string of the molecule is Cc1ccc2nc(C)n(-c3ccc(C(=O)CN4CC5(CCC(F)(F)CC5)OC4=O)cc3)c2n1. The third-order valence-corrected chi connectivity index (χ3v) is 6.53. The van der Waals surface area contributed by atoms with Gasteiger partial charge in [-0.3, -0.25) is 14.3 Å². The summed E-state index contributed by atoms with van der Waals surface area (Å²) in [6.45, 7) is 3.83. The van der Waals surface area contributed by atoms with E-state index < -0.39 is 17.6 Å². The van der Waals surface area contributed by atoms with Crippen molar-refractivity contribution in [2.24, 2.45) is 0 Å². The highest BCUT2D eigenvalue weighted by Crippen LogP contribution is 2.43. The fourth-order valence-corrected chi connectivity index (χ4v) is 4.68. The van der Waals surface area contributed by atoms with Gasteiger partial charge in [-0.05, 0) is 63.1 Å². The van der Waals surface area contributed by atoms with E-state index in [0.717, 1.165) is 28.4 Å². The summed E-state index contributed by atoms with van der Waals surface area (Å²) < 4.78 is 34.4. The van der Waals surface area contributed by atoms with E-state index >= 15 is 0 Å². The average Bonchev–Trinajstić information content (AvgIpc) is 3.26. The van der Waals surface area contributed by atoms with Crippen LogP contribution in [-0.2, 0) is 4.74 Å². The highest BCUT2D eigenvalue weighted by Gasteiger charge is 2.51. The number of imidazole rings is 1. The third-order valence-electron chi connectivity index (χ3n) is 6.53. The highest BCUT2D eigenvalue weighted by atomic mass is 19.3. The monoisotopic (exact) mass is 454 g/mol. The van der Waals surface area contributed by atoms with E-state index in [1.54, 1.807) is 12.1 Å². The van der Waals surface area contributed by atoms with Gasteiger partial charge < -0.3 is 4.74 Å². The largest absolute Gasteiger partial charge is 0.441 e. The van der Waals surface area contributed by atoms with Crippen LogP contribution >= 0.6 is 0 Å². The lowest BCUT2D eigenvalue weighted by molar-refractivity contribution is -0.0910. The number of aromatic nitrogens is 3. The molecule has 1 spiro atoms. The van der Waals surface area contributed by atoms with Crippen LogP contribution in [0.15, 0.2) is 36.4 Å². The van der Waals surface area contributed by atoms with Crippen LogP contribution in [0.25, 0.3) is 16.9 Å². The molecule has 1 aromatic carbocycles. The molecular weight excluding hydrogens is 430 g/mol. The number of fused-ring (bicyclic) bond motifs is 1. The van der Waals surface area contributed by atoms with Crippen LogP contribution in [0.1, 0.15) is 47.6 Å². The number of carbonyl (C=O) groups is 2. The van der Waals surface area contributed by atoms with Crippen molar-refractivity contribution in [3.63, 3.8) is 0 Å². The van der Waals surface area contributed by atoms with E-state index in [9.17, 15) is 18.4 Å². The smallest absolute Gasteiger partial charge is 0.410 e. The first-order valence-corrected chi connectivity index (χ1v) is 11.0. The fraction of sp³-hybridized carbons (Fsp3) is 0.417. The maximum Gasteiger partial charge on any atom is 0.410 e. The van der Waals surface area contributed by atoms with Crippen molar-refractivity contribution in [1.82, 2.24) is 19.4 Å². The number of carbonyl (C=O) groups excluding carboxylic acids is 2. The minimum absolute atomic E-state index is 0.108. The van der Waals surface area contributed by atoms with Crippen molar-refractivity contribution in [3.8, 4) is 5.69 Å². The Labute approximate surface area is 189 Å². The number of pyridine rings is 1. The predicted molar refractivity (Wildman–Crippen MR) is 117 cm³/mol. The molecule has 1 saturated heterocycles. The summed E-state index contributed by atoms with van der Waals surface area (Å²) in [5, 5.41) is 0. The summed E-state index contributed by atoms with van der Waals surface area (Å²) in [5.74, 6) is -2.17. The van der Waals surface area contributed by atoms with Gasteiger partial charge in [0.1, 0.15) is 16.9 Å². The van der Waals surface area contributed by atoms with Gasteiger partial charge in [0.2, 0.25) is 5.92 Å². The highest BCUT2D eigenvalue weighted by molar-refractivity contribution is 5.99. The van der Waals surface area contributed by atoms with Crippen LogP contribution in [0.4, 0.5) is 13.6 Å².